The van der Waals surface area contributed by atoms with Crippen molar-refractivity contribution >= 4 is 23.2 Å². The van der Waals surface area contributed by atoms with Crippen molar-refractivity contribution in [1.29, 1.82) is 0 Å². The van der Waals surface area contributed by atoms with Crippen LogP contribution < -0.4 is 4.74 Å². The summed E-state index contributed by atoms with van der Waals surface area (Å²) >= 11 is 1.64. The van der Waals surface area contributed by atoms with Crippen molar-refractivity contribution in [3.63, 3.8) is 0 Å². The van der Waals surface area contributed by atoms with Crippen LogP contribution in [0.2, 0.25) is 0 Å². The number of ether oxygens (including phenoxy) is 1. The Labute approximate surface area is 182 Å². The summed E-state index contributed by atoms with van der Waals surface area (Å²) in [5, 5.41) is 4.07. The first-order valence-electron chi connectivity index (χ1n) is 10.8. The van der Waals surface area contributed by atoms with Crippen molar-refractivity contribution in [3.05, 3.63) is 52.7 Å². The van der Waals surface area contributed by atoms with Crippen molar-refractivity contribution in [2.45, 2.75) is 26.2 Å². The number of carbonyl (C=O) groups is 2. The van der Waals surface area contributed by atoms with E-state index in [-0.39, 0.29) is 11.8 Å². The lowest BCUT2D eigenvalue weighted by Gasteiger charge is -2.36. The largest absolute Gasteiger partial charge is 0.493 e. The number of amides is 2. The van der Waals surface area contributed by atoms with Crippen LogP contribution in [0.25, 0.3) is 0 Å². The summed E-state index contributed by atoms with van der Waals surface area (Å²) < 4.78 is 6.06. The molecule has 2 aliphatic heterocycles. The molecule has 5 nitrogen and oxygen atoms in total. The van der Waals surface area contributed by atoms with E-state index >= 15 is 0 Å². The number of piperidine rings is 1. The molecule has 2 aromatic rings. The van der Waals surface area contributed by atoms with Crippen molar-refractivity contribution in [2.24, 2.45) is 17.8 Å². The summed E-state index contributed by atoms with van der Waals surface area (Å²) in [5.74, 6) is 2.56. The van der Waals surface area contributed by atoms with Crippen LogP contribution in [0.4, 0.5) is 0 Å². The highest BCUT2D eigenvalue weighted by Gasteiger charge is 2.40. The maximum Gasteiger partial charge on any atom is 0.227 e. The smallest absolute Gasteiger partial charge is 0.227 e. The van der Waals surface area contributed by atoms with Gasteiger partial charge in [0, 0.05) is 39.0 Å². The molecule has 2 aliphatic rings. The maximum atomic E-state index is 12.6. The van der Waals surface area contributed by atoms with Crippen LogP contribution in [-0.4, -0.2) is 54.4 Å². The zero-order valence-corrected chi connectivity index (χ0v) is 18.4. The first-order chi connectivity index (χ1) is 14.6. The van der Waals surface area contributed by atoms with Gasteiger partial charge in [0.2, 0.25) is 11.8 Å². The van der Waals surface area contributed by atoms with Gasteiger partial charge in [0.05, 0.1) is 13.0 Å². The third kappa shape index (κ3) is 5.04. The third-order valence-electron chi connectivity index (χ3n) is 6.58. The lowest BCUT2D eigenvalue weighted by molar-refractivity contribution is -0.132. The Kier molecular flexibility index (Phi) is 6.72. The molecule has 2 amide bonds. The van der Waals surface area contributed by atoms with Gasteiger partial charge in [-0.3, -0.25) is 9.59 Å². The van der Waals surface area contributed by atoms with E-state index in [9.17, 15) is 9.59 Å². The van der Waals surface area contributed by atoms with Crippen LogP contribution in [0.1, 0.15) is 25.3 Å². The van der Waals surface area contributed by atoms with Gasteiger partial charge >= 0.3 is 0 Å². The van der Waals surface area contributed by atoms with Gasteiger partial charge in [-0.25, -0.2) is 0 Å². The van der Waals surface area contributed by atoms with Crippen molar-refractivity contribution < 1.29 is 14.3 Å². The van der Waals surface area contributed by atoms with Gasteiger partial charge in [-0.1, -0.05) is 18.2 Å². The number of rotatable bonds is 6. The predicted octanol–water partition coefficient (Wildman–Crippen LogP) is 3.70. The average molecular weight is 427 g/mol. The number of nitrogens with zero attached hydrogens (tertiary/aromatic N) is 2. The van der Waals surface area contributed by atoms with Gasteiger partial charge in [-0.15, -0.1) is 0 Å². The molecule has 2 atom stereocenters. The molecule has 2 unspecified atom stereocenters. The number of likely N-dealkylation sites (tertiary alicyclic amines) is 2. The van der Waals surface area contributed by atoms with E-state index in [1.54, 1.807) is 18.3 Å². The second-order valence-corrected chi connectivity index (χ2v) is 9.28. The van der Waals surface area contributed by atoms with Gasteiger partial charge in [0.25, 0.3) is 0 Å². The first-order valence-corrected chi connectivity index (χ1v) is 11.8. The van der Waals surface area contributed by atoms with Gasteiger partial charge in [-0.05, 0) is 59.2 Å². The highest BCUT2D eigenvalue weighted by molar-refractivity contribution is 7.08. The SMILES string of the molecule is CC(=O)N1CC(COc2ccccc2)C(C2CCN(C(=O)Cc3ccsc3)CC2)C1. The van der Waals surface area contributed by atoms with Crippen molar-refractivity contribution in [1.82, 2.24) is 9.80 Å². The second-order valence-electron chi connectivity index (χ2n) is 8.50. The molecular weight excluding hydrogens is 396 g/mol. The highest BCUT2D eigenvalue weighted by atomic mass is 32.1. The lowest BCUT2D eigenvalue weighted by atomic mass is 9.78. The number of hydrogen-bond donors (Lipinski definition) is 0. The zero-order valence-electron chi connectivity index (χ0n) is 17.5. The highest BCUT2D eigenvalue weighted by Crippen LogP contribution is 2.36. The molecule has 0 N–H and O–H groups in total. The van der Waals surface area contributed by atoms with E-state index in [2.05, 4.69) is 5.38 Å². The van der Waals surface area contributed by atoms with Crippen LogP contribution >= 0.6 is 11.3 Å². The van der Waals surface area contributed by atoms with E-state index in [0.717, 1.165) is 50.3 Å². The minimum atomic E-state index is 0.144. The van der Waals surface area contributed by atoms with Gasteiger partial charge < -0.3 is 14.5 Å². The van der Waals surface area contributed by atoms with Gasteiger partial charge in [0.15, 0.2) is 0 Å². The Hall–Kier alpha value is -2.34. The maximum absolute atomic E-state index is 12.6. The number of para-hydroxylation sites is 1. The number of thiophene rings is 1. The van der Waals surface area contributed by atoms with E-state index in [1.807, 2.05) is 51.6 Å². The van der Waals surface area contributed by atoms with Crippen molar-refractivity contribution in [3.8, 4) is 5.75 Å². The molecule has 0 radical (unpaired) electrons. The van der Waals surface area contributed by atoms with Crippen LogP contribution in [0.15, 0.2) is 47.2 Å². The topological polar surface area (TPSA) is 49.9 Å². The molecule has 1 aromatic heterocycles. The van der Waals surface area contributed by atoms with E-state index in [1.165, 1.54) is 0 Å². The molecule has 0 spiro atoms. The summed E-state index contributed by atoms with van der Waals surface area (Å²) in [6, 6.07) is 11.9. The molecule has 6 heteroatoms. The molecule has 2 fully saturated rings. The van der Waals surface area contributed by atoms with E-state index in [4.69, 9.17) is 4.74 Å². The normalized spacial score (nSPS) is 22.3. The predicted molar refractivity (Wildman–Crippen MR) is 118 cm³/mol. The lowest BCUT2D eigenvalue weighted by Crippen LogP contribution is -2.42. The molecule has 160 valence electrons. The fraction of sp³-hybridized carbons (Fsp3) is 0.500. The Balaban J connectivity index is 1.33. The molecule has 1 aromatic carbocycles. The summed E-state index contributed by atoms with van der Waals surface area (Å²) in [5.41, 5.74) is 1.11. The minimum absolute atomic E-state index is 0.144. The molecule has 30 heavy (non-hydrogen) atoms. The van der Waals surface area contributed by atoms with E-state index in [0.29, 0.717) is 30.8 Å². The molecular formula is C24H30N2O3S. The monoisotopic (exact) mass is 426 g/mol. The molecule has 3 heterocycles. The third-order valence-corrected chi connectivity index (χ3v) is 7.31. The summed E-state index contributed by atoms with van der Waals surface area (Å²) in [6.45, 7) is 5.50. The molecule has 0 aliphatic carbocycles. The Morgan fingerprint density at radius 2 is 1.83 bits per heavy atom. The first kappa shape index (κ1) is 20.9. The number of hydrogen-bond acceptors (Lipinski definition) is 4. The van der Waals surface area contributed by atoms with E-state index < -0.39 is 0 Å². The number of benzene rings is 1. The molecule has 4 rings (SSSR count). The summed E-state index contributed by atoms with van der Waals surface area (Å²) in [7, 11) is 0. The molecule has 2 saturated heterocycles. The quantitative estimate of drug-likeness (QED) is 0.708. The summed E-state index contributed by atoms with van der Waals surface area (Å²) in [6.07, 6.45) is 2.52. The van der Waals surface area contributed by atoms with Gasteiger partial charge in [-0.2, -0.15) is 11.3 Å². The van der Waals surface area contributed by atoms with Gasteiger partial charge in [0.1, 0.15) is 5.75 Å². The second kappa shape index (κ2) is 9.65. The minimum Gasteiger partial charge on any atom is -0.493 e. The summed E-state index contributed by atoms with van der Waals surface area (Å²) in [4.78, 5) is 28.6. The molecule has 0 saturated carbocycles. The Morgan fingerprint density at radius 1 is 1.07 bits per heavy atom. The van der Waals surface area contributed by atoms with Crippen LogP contribution in [0, 0.1) is 17.8 Å². The standard InChI is InChI=1S/C24H30N2O3S/c1-18(27)26-14-21(16-29-22-5-3-2-4-6-22)23(15-26)20-7-10-25(11-8-20)24(28)13-19-9-12-30-17-19/h2-6,9,12,17,20-21,23H,7-8,10-11,13-16H2,1H3. The Bertz CT molecular complexity index is 831. The average Bonchev–Trinajstić information content (AvgIpc) is 3.43. The number of carbonyl (C=O) groups excluding carboxylic acids is 2. The molecule has 0 bridgehead atoms. The van der Waals surface area contributed by atoms with Crippen LogP contribution in [0.5, 0.6) is 5.75 Å². The zero-order chi connectivity index (χ0) is 20.9. The fourth-order valence-electron chi connectivity index (χ4n) is 4.84. The van der Waals surface area contributed by atoms with Crippen LogP contribution in [0.3, 0.4) is 0 Å². The van der Waals surface area contributed by atoms with Crippen LogP contribution in [-0.2, 0) is 16.0 Å². The fourth-order valence-corrected chi connectivity index (χ4v) is 5.51. The van der Waals surface area contributed by atoms with Crippen molar-refractivity contribution in [2.75, 3.05) is 32.8 Å². The Morgan fingerprint density at radius 3 is 2.50 bits per heavy atom.